The molecule has 6 nitrogen and oxygen atoms in total. The standard InChI is InChI=1S/C30H29N3O3/c1-30(2,3)23-14-9-20(10-15-23)28(34)32-24-16-11-21(12-17-24)29(35)33-31-19-22-13-18-27(36-4)26-8-6-5-7-25(22)26/h5-19H,1-4H3,(H,32,34)(H,33,35)/b31-19+. The van der Waals surface area contributed by atoms with Crippen molar-refractivity contribution in [3.63, 3.8) is 0 Å². The van der Waals surface area contributed by atoms with Crippen LogP contribution >= 0.6 is 0 Å². The lowest BCUT2D eigenvalue weighted by Gasteiger charge is -2.19. The van der Waals surface area contributed by atoms with Crippen LogP contribution in [0.1, 0.15) is 52.6 Å². The van der Waals surface area contributed by atoms with Crippen LogP contribution in [-0.2, 0) is 5.41 Å². The highest BCUT2D eigenvalue weighted by Crippen LogP contribution is 2.27. The zero-order valence-corrected chi connectivity index (χ0v) is 20.8. The highest BCUT2D eigenvalue weighted by atomic mass is 16.5. The number of hydrogen-bond acceptors (Lipinski definition) is 4. The van der Waals surface area contributed by atoms with Gasteiger partial charge in [0.2, 0.25) is 0 Å². The number of fused-ring (bicyclic) bond motifs is 1. The maximum absolute atomic E-state index is 12.6. The third kappa shape index (κ3) is 5.61. The van der Waals surface area contributed by atoms with E-state index >= 15 is 0 Å². The average molecular weight is 480 g/mol. The van der Waals surface area contributed by atoms with Crippen LogP contribution in [0.15, 0.2) is 90.0 Å². The number of amides is 2. The van der Waals surface area contributed by atoms with Crippen molar-refractivity contribution in [3.05, 3.63) is 107 Å². The van der Waals surface area contributed by atoms with E-state index in [1.165, 1.54) is 0 Å². The van der Waals surface area contributed by atoms with Gasteiger partial charge < -0.3 is 10.1 Å². The van der Waals surface area contributed by atoms with Crippen LogP contribution in [-0.4, -0.2) is 25.1 Å². The summed E-state index contributed by atoms with van der Waals surface area (Å²) in [4.78, 5) is 25.1. The number of methoxy groups -OCH3 is 1. The lowest BCUT2D eigenvalue weighted by Crippen LogP contribution is -2.18. The number of benzene rings is 4. The minimum atomic E-state index is -0.347. The molecule has 0 saturated heterocycles. The van der Waals surface area contributed by atoms with E-state index in [1.54, 1.807) is 37.6 Å². The predicted molar refractivity (Wildman–Crippen MR) is 145 cm³/mol. The first-order chi connectivity index (χ1) is 17.3. The summed E-state index contributed by atoms with van der Waals surface area (Å²) < 4.78 is 5.42. The van der Waals surface area contributed by atoms with Gasteiger partial charge in [-0.05, 0) is 64.9 Å². The van der Waals surface area contributed by atoms with E-state index in [0.717, 1.165) is 27.6 Å². The molecular formula is C30H29N3O3. The summed E-state index contributed by atoms with van der Waals surface area (Å²) in [7, 11) is 1.64. The Labute approximate surface area is 211 Å². The molecule has 182 valence electrons. The normalized spacial score (nSPS) is 11.4. The zero-order chi connectivity index (χ0) is 25.7. The monoisotopic (exact) mass is 479 g/mol. The molecule has 0 saturated carbocycles. The number of hydrogen-bond donors (Lipinski definition) is 2. The highest BCUT2D eigenvalue weighted by Gasteiger charge is 2.14. The van der Waals surface area contributed by atoms with Gasteiger partial charge in [-0.25, -0.2) is 5.43 Å². The molecule has 0 aromatic heterocycles. The van der Waals surface area contributed by atoms with Gasteiger partial charge in [-0.15, -0.1) is 0 Å². The van der Waals surface area contributed by atoms with Crippen molar-refractivity contribution in [1.29, 1.82) is 0 Å². The molecule has 2 amide bonds. The molecule has 6 heteroatoms. The first-order valence-electron chi connectivity index (χ1n) is 11.7. The summed E-state index contributed by atoms with van der Waals surface area (Å²) in [5.41, 5.74) is 6.21. The minimum absolute atomic E-state index is 0.0257. The Hall–Kier alpha value is -4.45. The lowest BCUT2D eigenvalue weighted by atomic mass is 9.87. The van der Waals surface area contributed by atoms with Crippen LogP contribution in [0.2, 0.25) is 0 Å². The number of ether oxygens (including phenoxy) is 1. The van der Waals surface area contributed by atoms with Crippen molar-refractivity contribution in [2.24, 2.45) is 5.10 Å². The van der Waals surface area contributed by atoms with E-state index in [4.69, 9.17) is 4.74 Å². The van der Waals surface area contributed by atoms with Gasteiger partial charge in [0.05, 0.1) is 13.3 Å². The Morgan fingerprint density at radius 3 is 2.03 bits per heavy atom. The van der Waals surface area contributed by atoms with Crippen LogP contribution in [0.5, 0.6) is 5.75 Å². The predicted octanol–water partition coefficient (Wildman–Crippen LogP) is 6.16. The summed E-state index contributed by atoms with van der Waals surface area (Å²) in [6.07, 6.45) is 1.61. The van der Waals surface area contributed by atoms with Gasteiger partial charge in [0.25, 0.3) is 11.8 Å². The molecule has 4 aromatic rings. The fourth-order valence-electron chi connectivity index (χ4n) is 3.84. The second-order valence-corrected chi connectivity index (χ2v) is 9.46. The molecule has 0 aliphatic heterocycles. The Kier molecular flexibility index (Phi) is 7.15. The molecule has 0 aliphatic carbocycles. The lowest BCUT2D eigenvalue weighted by molar-refractivity contribution is 0.0954. The van der Waals surface area contributed by atoms with Crippen molar-refractivity contribution in [2.45, 2.75) is 26.2 Å². The molecule has 2 N–H and O–H groups in total. The molecule has 36 heavy (non-hydrogen) atoms. The quantitative estimate of drug-likeness (QED) is 0.257. The van der Waals surface area contributed by atoms with Crippen molar-refractivity contribution in [2.75, 3.05) is 12.4 Å². The smallest absolute Gasteiger partial charge is 0.271 e. The van der Waals surface area contributed by atoms with E-state index in [-0.39, 0.29) is 17.2 Å². The molecule has 0 radical (unpaired) electrons. The van der Waals surface area contributed by atoms with Crippen molar-refractivity contribution in [3.8, 4) is 5.75 Å². The minimum Gasteiger partial charge on any atom is -0.496 e. The third-order valence-electron chi connectivity index (χ3n) is 5.93. The molecule has 4 rings (SSSR count). The Morgan fingerprint density at radius 1 is 0.778 bits per heavy atom. The largest absolute Gasteiger partial charge is 0.496 e. The number of rotatable bonds is 6. The molecule has 0 spiro atoms. The van der Waals surface area contributed by atoms with Gasteiger partial charge in [-0.2, -0.15) is 5.10 Å². The van der Waals surface area contributed by atoms with Gasteiger partial charge in [-0.3, -0.25) is 9.59 Å². The average Bonchev–Trinajstić information content (AvgIpc) is 2.88. The molecular weight excluding hydrogens is 450 g/mol. The maximum Gasteiger partial charge on any atom is 0.271 e. The topological polar surface area (TPSA) is 79.8 Å². The molecule has 0 unspecified atom stereocenters. The van der Waals surface area contributed by atoms with Crippen LogP contribution < -0.4 is 15.5 Å². The number of hydrazone groups is 1. The summed E-state index contributed by atoms with van der Waals surface area (Å²) >= 11 is 0. The SMILES string of the molecule is COc1ccc(/C=N/NC(=O)c2ccc(NC(=O)c3ccc(C(C)(C)C)cc3)cc2)c2ccccc12. The van der Waals surface area contributed by atoms with Crippen molar-refractivity contribution < 1.29 is 14.3 Å². The summed E-state index contributed by atoms with van der Waals surface area (Å²) in [6.45, 7) is 6.39. The Bertz CT molecular complexity index is 1420. The third-order valence-corrected chi connectivity index (χ3v) is 5.93. The van der Waals surface area contributed by atoms with Crippen LogP contribution in [0.25, 0.3) is 10.8 Å². The van der Waals surface area contributed by atoms with Crippen molar-refractivity contribution in [1.82, 2.24) is 5.43 Å². The molecule has 0 aliphatic rings. The van der Waals surface area contributed by atoms with E-state index in [1.807, 2.05) is 60.7 Å². The van der Waals surface area contributed by atoms with E-state index in [0.29, 0.717) is 16.8 Å². The van der Waals surface area contributed by atoms with Gasteiger partial charge in [0.15, 0.2) is 0 Å². The van der Waals surface area contributed by atoms with Crippen molar-refractivity contribution >= 4 is 34.5 Å². The second-order valence-electron chi connectivity index (χ2n) is 9.46. The number of nitrogens with one attached hydrogen (secondary N) is 2. The van der Waals surface area contributed by atoms with Crippen LogP contribution in [0.3, 0.4) is 0 Å². The van der Waals surface area contributed by atoms with E-state index in [9.17, 15) is 9.59 Å². The first kappa shape index (κ1) is 24.7. The number of anilines is 1. The van der Waals surface area contributed by atoms with Gasteiger partial charge in [0.1, 0.15) is 5.75 Å². The molecule has 4 aromatic carbocycles. The van der Waals surface area contributed by atoms with E-state index < -0.39 is 0 Å². The maximum atomic E-state index is 12.6. The Balaban J connectivity index is 1.38. The fraction of sp³-hybridized carbons (Fsp3) is 0.167. The summed E-state index contributed by atoms with van der Waals surface area (Å²) in [5, 5.41) is 8.93. The van der Waals surface area contributed by atoms with Crippen LogP contribution in [0.4, 0.5) is 5.69 Å². The van der Waals surface area contributed by atoms with Gasteiger partial charge in [-0.1, -0.05) is 57.2 Å². The fourth-order valence-corrected chi connectivity index (χ4v) is 3.84. The number of carbonyl (C=O) groups is 2. The second kappa shape index (κ2) is 10.4. The van der Waals surface area contributed by atoms with Gasteiger partial charge >= 0.3 is 0 Å². The first-order valence-corrected chi connectivity index (χ1v) is 11.7. The number of carbonyl (C=O) groups excluding carboxylic acids is 2. The summed E-state index contributed by atoms with van der Waals surface area (Å²) in [5.74, 6) is 0.226. The van der Waals surface area contributed by atoms with Crippen LogP contribution in [0, 0.1) is 0 Å². The highest BCUT2D eigenvalue weighted by molar-refractivity contribution is 6.05. The number of nitrogens with zero attached hydrogens (tertiary/aromatic N) is 1. The molecule has 0 atom stereocenters. The summed E-state index contributed by atoms with van der Waals surface area (Å²) in [6, 6.07) is 25.9. The molecule has 0 heterocycles. The molecule has 0 fully saturated rings. The van der Waals surface area contributed by atoms with Gasteiger partial charge in [0, 0.05) is 27.8 Å². The molecule has 0 bridgehead atoms. The van der Waals surface area contributed by atoms with E-state index in [2.05, 4.69) is 36.6 Å². The Morgan fingerprint density at radius 2 is 1.39 bits per heavy atom. The zero-order valence-electron chi connectivity index (χ0n) is 20.8.